The first-order chi connectivity index (χ1) is 9.65. The Hall–Kier alpha value is -2.83. The summed E-state index contributed by atoms with van der Waals surface area (Å²) in [6.45, 7) is 0.369. The zero-order valence-corrected chi connectivity index (χ0v) is 10.9. The van der Waals surface area contributed by atoms with Gasteiger partial charge in [-0.2, -0.15) is 5.10 Å². The Morgan fingerprint density at radius 1 is 1.45 bits per heavy atom. The van der Waals surface area contributed by atoms with Crippen LogP contribution >= 0.6 is 0 Å². The zero-order valence-electron chi connectivity index (χ0n) is 10.9. The molecule has 102 valence electrons. The molecule has 2 heterocycles. The van der Waals surface area contributed by atoms with E-state index in [0.29, 0.717) is 23.6 Å². The van der Waals surface area contributed by atoms with Gasteiger partial charge in [-0.15, -0.1) is 0 Å². The number of aromatic nitrogens is 4. The van der Waals surface area contributed by atoms with Crippen LogP contribution in [0.15, 0.2) is 30.7 Å². The van der Waals surface area contributed by atoms with Crippen molar-refractivity contribution in [2.24, 2.45) is 0 Å². The van der Waals surface area contributed by atoms with E-state index in [4.69, 9.17) is 5.73 Å². The summed E-state index contributed by atoms with van der Waals surface area (Å²) >= 11 is 0. The molecule has 20 heavy (non-hydrogen) atoms. The van der Waals surface area contributed by atoms with Crippen molar-refractivity contribution in [3.8, 4) is 0 Å². The lowest BCUT2D eigenvalue weighted by atomic mass is 10.1. The molecular weight excluding hydrogens is 256 g/mol. The van der Waals surface area contributed by atoms with Gasteiger partial charge in [-0.1, -0.05) is 0 Å². The molecule has 3 aromatic rings. The lowest BCUT2D eigenvalue weighted by Gasteiger charge is -2.14. The van der Waals surface area contributed by atoms with Gasteiger partial charge in [-0.3, -0.25) is 9.89 Å². The van der Waals surface area contributed by atoms with E-state index in [1.165, 1.54) is 6.33 Å². The average molecular weight is 270 g/mol. The second kappa shape index (κ2) is 4.69. The van der Waals surface area contributed by atoms with Crippen LogP contribution in [0.1, 0.15) is 16.2 Å². The van der Waals surface area contributed by atoms with Crippen LogP contribution in [-0.4, -0.2) is 38.0 Å². The number of hydrogen-bond acceptors (Lipinski definition) is 4. The Morgan fingerprint density at radius 3 is 3.05 bits per heavy atom. The third-order valence-electron chi connectivity index (χ3n) is 3.13. The predicted octanol–water partition coefficient (Wildman–Crippen LogP) is 1.14. The highest BCUT2D eigenvalue weighted by Gasteiger charge is 2.17. The molecule has 7 nitrogen and oxygen atoms in total. The normalized spacial score (nSPS) is 10.8. The van der Waals surface area contributed by atoms with Gasteiger partial charge >= 0.3 is 0 Å². The van der Waals surface area contributed by atoms with Gasteiger partial charge in [0.25, 0.3) is 5.91 Å². The van der Waals surface area contributed by atoms with Crippen molar-refractivity contribution in [3.63, 3.8) is 0 Å². The van der Waals surface area contributed by atoms with Crippen LogP contribution in [0.4, 0.5) is 5.69 Å². The molecule has 0 saturated heterocycles. The first-order valence-electron chi connectivity index (χ1n) is 6.11. The number of nitrogens with two attached hydrogens (primary N) is 1. The zero-order chi connectivity index (χ0) is 14.1. The van der Waals surface area contributed by atoms with E-state index in [9.17, 15) is 4.79 Å². The van der Waals surface area contributed by atoms with Gasteiger partial charge in [0.15, 0.2) is 0 Å². The smallest absolute Gasteiger partial charge is 0.256 e. The van der Waals surface area contributed by atoms with E-state index in [1.807, 2.05) is 6.07 Å². The largest absolute Gasteiger partial charge is 0.399 e. The molecule has 0 aliphatic heterocycles. The Balaban J connectivity index is 1.90. The Morgan fingerprint density at radius 2 is 2.30 bits per heavy atom. The number of rotatable bonds is 3. The van der Waals surface area contributed by atoms with E-state index >= 15 is 0 Å². The van der Waals surface area contributed by atoms with E-state index in [2.05, 4.69) is 20.2 Å². The van der Waals surface area contributed by atoms with Crippen LogP contribution in [0.2, 0.25) is 0 Å². The minimum atomic E-state index is -0.0988. The molecule has 1 aromatic carbocycles. The fourth-order valence-electron chi connectivity index (χ4n) is 2.12. The van der Waals surface area contributed by atoms with Crippen LogP contribution in [-0.2, 0) is 6.54 Å². The molecular formula is C13H14N6O. The molecule has 4 N–H and O–H groups in total. The first kappa shape index (κ1) is 12.2. The van der Waals surface area contributed by atoms with Crippen molar-refractivity contribution in [1.29, 1.82) is 0 Å². The number of nitrogens with zero attached hydrogens (tertiary/aromatic N) is 3. The van der Waals surface area contributed by atoms with Crippen molar-refractivity contribution in [2.45, 2.75) is 6.54 Å². The third-order valence-corrected chi connectivity index (χ3v) is 3.13. The van der Waals surface area contributed by atoms with Crippen LogP contribution in [0.3, 0.4) is 0 Å². The molecule has 0 aliphatic rings. The van der Waals surface area contributed by atoms with Gasteiger partial charge < -0.3 is 15.6 Å². The molecule has 2 aromatic heterocycles. The van der Waals surface area contributed by atoms with Crippen LogP contribution < -0.4 is 5.73 Å². The van der Waals surface area contributed by atoms with E-state index in [0.717, 1.165) is 10.9 Å². The quantitative estimate of drug-likeness (QED) is 0.621. The van der Waals surface area contributed by atoms with E-state index < -0.39 is 0 Å². The fourth-order valence-corrected chi connectivity index (χ4v) is 2.12. The highest BCUT2D eigenvalue weighted by atomic mass is 16.2. The van der Waals surface area contributed by atoms with Crippen molar-refractivity contribution in [2.75, 3.05) is 12.8 Å². The second-order valence-corrected chi connectivity index (χ2v) is 4.60. The van der Waals surface area contributed by atoms with Gasteiger partial charge in [-0.05, 0) is 18.2 Å². The molecule has 0 radical (unpaired) electrons. The highest BCUT2D eigenvalue weighted by Crippen LogP contribution is 2.22. The van der Waals surface area contributed by atoms with Gasteiger partial charge in [0.2, 0.25) is 0 Å². The van der Waals surface area contributed by atoms with Crippen molar-refractivity contribution >= 4 is 22.5 Å². The van der Waals surface area contributed by atoms with Gasteiger partial charge in [0, 0.05) is 29.8 Å². The number of hydrogen-bond donors (Lipinski definition) is 3. The fraction of sp³-hybridized carbons (Fsp3) is 0.154. The Labute approximate surface area is 114 Å². The number of carbonyl (C=O) groups is 1. The summed E-state index contributed by atoms with van der Waals surface area (Å²) in [5.74, 6) is 0.540. The summed E-state index contributed by atoms with van der Waals surface area (Å²) in [5, 5.41) is 7.31. The summed E-state index contributed by atoms with van der Waals surface area (Å²) in [5.41, 5.74) is 7.88. The Kier molecular flexibility index (Phi) is 2.86. The topological polar surface area (TPSA) is 104 Å². The minimum absolute atomic E-state index is 0.0988. The monoisotopic (exact) mass is 270 g/mol. The summed E-state index contributed by atoms with van der Waals surface area (Å²) in [4.78, 5) is 21.1. The highest BCUT2D eigenvalue weighted by molar-refractivity contribution is 6.07. The molecule has 0 saturated carbocycles. The van der Waals surface area contributed by atoms with Crippen LogP contribution in [0.5, 0.6) is 0 Å². The standard InChI is InChI=1S/C13H14N6O/c1-19(6-12-16-7-17-18-12)13(20)10-5-15-11-3-2-8(14)4-9(10)11/h2-5,7,15H,6,14H2,1H3,(H,16,17,18). The number of benzene rings is 1. The molecule has 0 spiro atoms. The van der Waals surface area contributed by atoms with Gasteiger partial charge in [-0.25, -0.2) is 4.98 Å². The molecule has 0 bridgehead atoms. The first-order valence-corrected chi connectivity index (χ1v) is 6.11. The summed E-state index contributed by atoms with van der Waals surface area (Å²) in [7, 11) is 1.72. The average Bonchev–Trinajstić information content (AvgIpc) is 3.06. The van der Waals surface area contributed by atoms with Crippen molar-refractivity contribution in [3.05, 3.63) is 42.1 Å². The SMILES string of the molecule is CN(Cc1ncn[nH]1)C(=O)c1c[nH]c2ccc(N)cc12. The van der Waals surface area contributed by atoms with Crippen LogP contribution in [0.25, 0.3) is 10.9 Å². The molecule has 0 fully saturated rings. The predicted molar refractivity (Wildman–Crippen MR) is 74.9 cm³/mol. The lowest BCUT2D eigenvalue weighted by Crippen LogP contribution is -2.26. The summed E-state index contributed by atoms with van der Waals surface area (Å²) < 4.78 is 0. The maximum Gasteiger partial charge on any atom is 0.256 e. The number of fused-ring (bicyclic) bond motifs is 1. The number of carbonyl (C=O) groups excluding carboxylic acids is 1. The Bertz CT molecular complexity index is 745. The van der Waals surface area contributed by atoms with E-state index in [1.54, 1.807) is 30.3 Å². The lowest BCUT2D eigenvalue weighted by molar-refractivity contribution is 0.0783. The maximum absolute atomic E-state index is 12.5. The third kappa shape index (κ3) is 2.09. The number of nitrogen functional groups attached to an aromatic ring is 1. The number of H-pyrrole nitrogens is 2. The maximum atomic E-state index is 12.5. The number of aromatic amines is 2. The van der Waals surface area contributed by atoms with Crippen LogP contribution in [0, 0.1) is 0 Å². The summed E-state index contributed by atoms with van der Waals surface area (Å²) in [6, 6.07) is 5.45. The molecule has 7 heteroatoms. The minimum Gasteiger partial charge on any atom is -0.399 e. The van der Waals surface area contributed by atoms with Gasteiger partial charge in [0.1, 0.15) is 12.2 Å². The van der Waals surface area contributed by atoms with Crippen molar-refractivity contribution < 1.29 is 4.79 Å². The number of anilines is 1. The molecule has 0 unspecified atom stereocenters. The number of nitrogens with one attached hydrogen (secondary N) is 2. The molecule has 0 atom stereocenters. The van der Waals surface area contributed by atoms with Gasteiger partial charge in [0.05, 0.1) is 12.1 Å². The molecule has 0 aliphatic carbocycles. The van der Waals surface area contributed by atoms with E-state index in [-0.39, 0.29) is 5.91 Å². The molecule has 1 amide bonds. The number of amides is 1. The summed E-state index contributed by atoms with van der Waals surface area (Å²) in [6.07, 6.45) is 3.11. The second-order valence-electron chi connectivity index (χ2n) is 4.60. The van der Waals surface area contributed by atoms with Crippen molar-refractivity contribution in [1.82, 2.24) is 25.1 Å². The molecule has 3 rings (SSSR count).